The van der Waals surface area contributed by atoms with Gasteiger partial charge in [0, 0.05) is 42.0 Å². The molecule has 4 rings (SSSR count). The van der Waals surface area contributed by atoms with E-state index >= 15 is 0 Å². The van der Waals surface area contributed by atoms with Gasteiger partial charge < -0.3 is 15.5 Å². The van der Waals surface area contributed by atoms with E-state index in [4.69, 9.17) is 0 Å². The van der Waals surface area contributed by atoms with Gasteiger partial charge in [-0.1, -0.05) is 30.8 Å². The monoisotopic (exact) mass is 400 g/mol. The van der Waals surface area contributed by atoms with Crippen LogP contribution < -0.4 is 10.6 Å². The van der Waals surface area contributed by atoms with E-state index in [2.05, 4.69) is 28.3 Å². The smallest absolute Gasteiger partial charge is 0.253 e. The number of nitrogens with zero attached hydrogens (tertiary/aromatic N) is 2. The highest BCUT2D eigenvalue weighted by molar-refractivity contribution is 5.99. The van der Waals surface area contributed by atoms with Crippen LogP contribution in [-0.2, 0) is 4.79 Å². The number of carbonyl (C=O) groups excluding carboxylic acids is 2. The number of nitrogens with one attached hydrogen (secondary N) is 2. The number of hydrogen-bond donors (Lipinski definition) is 2. The molecule has 0 aliphatic carbocycles. The topological polar surface area (TPSA) is 74.3 Å². The zero-order chi connectivity index (χ0) is 20.9. The summed E-state index contributed by atoms with van der Waals surface area (Å²) in [6.45, 7) is 4.79. The number of fused-ring (bicyclic) bond motifs is 1. The van der Waals surface area contributed by atoms with Crippen LogP contribution in [0, 0.1) is 0 Å². The zero-order valence-electron chi connectivity index (χ0n) is 16.7. The Morgan fingerprint density at radius 3 is 2.63 bits per heavy atom. The van der Waals surface area contributed by atoms with E-state index in [1.165, 1.54) is 6.08 Å². The number of pyridine rings is 1. The van der Waals surface area contributed by atoms with Crippen molar-refractivity contribution in [2.45, 2.75) is 18.9 Å². The van der Waals surface area contributed by atoms with Gasteiger partial charge in [0.15, 0.2) is 0 Å². The van der Waals surface area contributed by atoms with Gasteiger partial charge in [-0.2, -0.15) is 0 Å². The van der Waals surface area contributed by atoms with Gasteiger partial charge in [-0.15, -0.1) is 0 Å². The molecular weight excluding hydrogens is 376 g/mol. The second-order valence-corrected chi connectivity index (χ2v) is 7.42. The molecule has 1 fully saturated rings. The molecule has 2 aromatic carbocycles. The Bertz CT molecular complexity index is 1080. The molecule has 0 unspecified atom stereocenters. The first-order valence-electron chi connectivity index (χ1n) is 10.1. The van der Waals surface area contributed by atoms with Crippen molar-refractivity contribution in [2.24, 2.45) is 0 Å². The molecule has 1 aliphatic heterocycles. The molecule has 0 spiro atoms. The van der Waals surface area contributed by atoms with Crippen molar-refractivity contribution >= 4 is 34.1 Å². The molecule has 6 heteroatoms. The lowest BCUT2D eigenvalue weighted by atomic mass is 10.0. The third-order valence-corrected chi connectivity index (χ3v) is 5.28. The number of anilines is 2. The van der Waals surface area contributed by atoms with Crippen LogP contribution in [0.5, 0.6) is 0 Å². The van der Waals surface area contributed by atoms with Crippen molar-refractivity contribution in [1.29, 1.82) is 0 Å². The van der Waals surface area contributed by atoms with Crippen LogP contribution in [0.3, 0.4) is 0 Å². The molecule has 0 saturated carbocycles. The Hall–Kier alpha value is -3.67. The van der Waals surface area contributed by atoms with Gasteiger partial charge in [-0.3, -0.25) is 9.59 Å². The normalized spacial score (nSPS) is 16.1. The van der Waals surface area contributed by atoms with Gasteiger partial charge in [0.25, 0.3) is 5.91 Å². The van der Waals surface area contributed by atoms with Crippen LogP contribution in [0.4, 0.5) is 11.5 Å². The van der Waals surface area contributed by atoms with Crippen molar-refractivity contribution in [3.63, 3.8) is 0 Å². The van der Waals surface area contributed by atoms with Crippen LogP contribution >= 0.6 is 0 Å². The standard InChI is InChI=1S/C24H24N4O2/c1-2-23(29)27-20-11-9-17(10-12-20)24(30)28-13-5-8-21(16-28)26-22-14-18-6-3-4-7-19(18)15-25-22/h2-4,6-7,9-12,14-15,21H,1,5,8,13,16H2,(H,25,26)(H,27,29)/t21-/m0/s1. The Labute approximate surface area is 175 Å². The SMILES string of the molecule is C=CC(=O)Nc1ccc(C(=O)N2CCC[C@H](Nc3cc4ccccc4cn3)C2)cc1. The largest absolute Gasteiger partial charge is 0.366 e. The minimum Gasteiger partial charge on any atom is -0.366 e. The van der Waals surface area contributed by atoms with Gasteiger partial charge in [0.1, 0.15) is 5.82 Å². The summed E-state index contributed by atoms with van der Waals surface area (Å²) in [5.74, 6) is 0.547. The Morgan fingerprint density at radius 2 is 1.87 bits per heavy atom. The summed E-state index contributed by atoms with van der Waals surface area (Å²) in [5, 5.41) is 8.42. The van der Waals surface area contributed by atoms with Crippen molar-refractivity contribution in [3.05, 3.63) is 79.0 Å². The molecule has 2 N–H and O–H groups in total. The van der Waals surface area contributed by atoms with Crippen molar-refractivity contribution < 1.29 is 9.59 Å². The predicted molar refractivity (Wildman–Crippen MR) is 120 cm³/mol. The van der Waals surface area contributed by atoms with E-state index < -0.39 is 0 Å². The molecular formula is C24H24N4O2. The van der Waals surface area contributed by atoms with E-state index in [1.54, 1.807) is 24.3 Å². The first-order valence-corrected chi connectivity index (χ1v) is 10.1. The number of carbonyl (C=O) groups is 2. The van der Waals surface area contributed by atoms with Crippen LogP contribution in [0.2, 0.25) is 0 Å². The number of likely N-dealkylation sites (tertiary alicyclic amines) is 1. The summed E-state index contributed by atoms with van der Waals surface area (Å²) < 4.78 is 0. The van der Waals surface area contributed by atoms with Gasteiger partial charge in [-0.25, -0.2) is 4.98 Å². The lowest BCUT2D eigenvalue weighted by Gasteiger charge is -2.33. The molecule has 2 heterocycles. The lowest BCUT2D eigenvalue weighted by Crippen LogP contribution is -2.45. The molecule has 2 amide bonds. The van der Waals surface area contributed by atoms with E-state index in [1.807, 2.05) is 35.4 Å². The fourth-order valence-electron chi connectivity index (χ4n) is 3.72. The quantitative estimate of drug-likeness (QED) is 0.633. The molecule has 1 saturated heterocycles. The number of rotatable bonds is 5. The van der Waals surface area contributed by atoms with Crippen LogP contribution in [-0.4, -0.2) is 40.8 Å². The number of amides is 2. The Morgan fingerprint density at radius 1 is 1.10 bits per heavy atom. The summed E-state index contributed by atoms with van der Waals surface area (Å²) in [6, 6.07) is 17.3. The van der Waals surface area contributed by atoms with Gasteiger partial charge in [-0.05, 0) is 54.6 Å². The van der Waals surface area contributed by atoms with Crippen molar-refractivity contribution in [3.8, 4) is 0 Å². The van der Waals surface area contributed by atoms with Crippen molar-refractivity contribution in [1.82, 2.24) is 9.88 Å². The molecule has 0 radical (unpaired) electrons. The fraction of sp³-hybridized carbons (Fsp3) is 0.208. The molecule has 1 aromatic heterocycles. The summed E-state index contributed by atoms with van der Waals surface area (Å²) in [6.07, 6.45) is 5.01. The Kier molecular flexibility index (Phi) is 5.75. The third-order valence-electron chi connectivity index (χ3n) is 5.28. The maximum atomic E-state index is 12.9. The highest BCUT2D eigenvalue weighted by Crippen LogP contribution is 2.21. The highest BCUT2D eigenvalue weighted by Gasteiger charge is 2.24. The first-order chi connectivity index (χ1) is 14.6. The van der Waals surface area contributed by atoms with E-state index in [0.29, 0.717) is 17.8 Å². The molecule has 6 nitrogen and oxygen atoms in total. The third kappa shape index (κ3) is 4.49. The molecule has 0 bridgehead atoms. The van der Waals surface area contributed by atoms with E-state index in [0.717, 1.165) is 36.0 Å². The molecule has 3 aromatic rings. The number of aromatic nitrogens is 1. The lowest BCUT2D eigenvalue weighted by molar-refractivity contribution is -0.111. The minimum absolute atomic E-state index is 0.00503. The highest BCUT2D eigenvalue weighted by atomic mass is 16.2. The average molecular weight is 400 g/mol. The Balaban J connectivity index is 1.40. The van der Waals surface area contributed by atoms with Crippen LogP contribution in [0.25, 0.3) is 10.8 Å². The first kappa shape index (κ1) is 19.6. The minimum atomic E-state index is -0.277. The predicted octanol–water partition coefficient (Wildman–Crippen LogP) is 4.08. The molecule has 1 atom stereocenters. The second-order valence-electron chi connectivity index (χ2n) is 7.42. The summed E-state index contributed by atoms with van der Waals surface area (Å²) in [7, 11) is 0. The van der Waals surface area contributed by atoms with Gasteiger partial charge in [0.05, 0.1) is 0 Å². The van der Waals surface area contributed by atoms with Crippen LogP contribution in [0.1, 0.15) is 23.2 Å². The van der Waals surface area contributed by atoms with Crippen molar-refractivity contribution in [2.75, 3.05) is 23.7 Å². The fourth-order valence-corrected chi connectivity index (χ4v) is 3.72. The van der Waals surface area contributed by atoms with Gasteiger partial charge in [0.2, 0.25) is 5.91 Å². The number of benzene rings is 2. The summed E-state index contributed by atoms with van der Waals surface area (Å²) >= 11 is 0. The van der Waals surface area contributed by atoms with E-state index in [9.17, 15) is 9.59 Å². The second kappa shape index (κ2) is 8.78. The maximum absolute atomic E-state index is 12.9. The van der Waals surface area contributed by atoms with E-state index in [-0.39, 0.29) is 17.9 Å². The summed E-state index contributed by atoms with van der Waals surface area (Å²) in [5.41, 5.74) is 1.24. The summed E-state index contributed by atoms with van der Waals surface area (Å²) in [4.78, 5) is 30.7. The molecule has 152 valence electrons. The number of piperidine rings is 1. The zero-order valence-corrected chi connectivity index (χ0v) is 16.7. The van der Waals surface area contributed by atoms with Crippen LogP contribution in [0.15, 0.2) is 73.4 Å². The van der Waals surface area contributed by atoms with Gasteiger partial charge >= 0.3 is 0 Å². The molecule has 1 aliphatic rings. The maximum Gasteiger partial charge on any atom is 0.253 e. The average Bonchev–Trinajstić information content (AvgIpc) is 2.79. The molecule has 30 heavy (non-hydrogen) atoms. The number of hydrogen-bond acceptors (Lipinski definition) is 4.